The van der Waals surface area contributed by atoms with Gasteiger partial charge in [0.2, 0.25) is 0 Å². The first kappa shape index (κ1) is 29.7. The van der Waals surface area contributed by atoms with Gasteiger partial charge in [-0.05, 0) is 106 Å². The van der Waals surface area contributed by atoms with Gasteiger partial charge in [0, 0.05) is 28.2 Å². The molecule has 10 rings (SSSR count). The second-order valence-corrected chi connectivity index (χ2v) is 14.1. The molecule has 5 aromatic carbocycles. The molecule has 1 aromatic heterocycles. The number of fused-ring (bicyclic) bond motifs is 8. The topological polar surface area (TPSA) is 62.5 Å². The van der Waals surface area contributed by atoms with Gasteiger partial charge < -0.3 is 0 Å². The van der Waals surface area contributed by atoms with Crippen LogP contribution >= 0.6 is 0 Å². The maximum atomic E-state index is 9.50. The second-order valence-electron chi connectivity index (χ2n) is 14.1. The molecule has 242 valence electrons. The highest BCUT2D eigenvalue weighted by atomic mass is 15.0. The van der Waals surface area contributed by atoms with Gasteiger partial charge in [0.1, 0.15) is 0 Å². The van der Waals surface area contributed by atoms with Crippen molar-refractivity contribution in [1.82, 2.24) is 15.0 Å². The van der Waals surface area contributed by atoms with Gasteiger partial charge in [0.15, 0.2) is 17.5 Å². The molecule has 51 heavy (non-hydrogen) atoms. The predicted molar refractivity (Wildman–Crippen MR) is 205 cm³/mol. The Morgan fingerprint density at radius 1 is 0.627 bits per heavy atom. The normalized spacial score (nSPS) is 19.2. The van der Waals surface area contributed by atoms with Crippen molar-refractivity contribution in [1.29, 1.82) is 5.26 Å². The Morgan fingerprint density at radius 3 is 2.00 bits per heavy atom. The van der Waals surface area contributed by atoms with Crippen LogP contribution in [0.5, 0.6) is 0 Å². The molecule has 1 fully saturated rings. The molecule has 4 heteroatoms. The van der Waals surface area contributed by atoms with Gasteiger partial charge in [-0.15, -0.1) is 0 Å². The van der Waals surface area contributed by atoms with E-state index >= 15 is 0 Å². The molecule has 6 aromatic rings. The quantitative estimate of drug-likeness (QED) is 0.186. The Bertz CT molecular complexity index is 2440. The van der Waals surface area contributed by atoms with Crippen LogP contribution in [-0.4, -0.2) is 15.0 Å². The van der Waals surface area contributed by atoms with E-state index in [2.05, 4.69) is 103 Å². The standard InChI is InChI=1S/C47H34N4/c48-28-29-21-23-30(24-22-29)35-19-10-20-38-40-27-41(40)44-37-18-8-7-17-36(37)39(26-42(44)43(35)38)33-15-9-16-34(25-33)47-50-45(31-11-3-1-4-12-31)49-46(51-47)32-13-5-2-6-14-32/h1-6,8-16,18-23,25-26,30,40-41H,7,17,24,27H2. The monoisotopic (exact) mass is 654 g/mol. The van der Waals surface area contributed by atoms with Crippen LogP contribution in [0.1, 0.15) is 64.8 Å². The summed E-state index contributed by atoms with van der Waals surface area (Å²) < 4.78 is 0. The van der Waals surface area contributed by atoms with Crippen molar-refractivity contribution in [2.45, 2.75) is 43.4 Å². The van der Waals surface area contributed by atoms with E-state index in [9.17, 15) is 5.26 Å². The summed E-state index contributed by atoms with van der Waals surface area (Å²) in [4.78, 5) is 15.0. The van der Waals surface area contributed by atoms with Crippen molar-refractivity contribution in [3.8, 4) is 62.5 Å². The predicted octanol–water partition coefficient (Wildman–Crippen LogP) is 11.2. The molecule has 3 unspecified atom stereocenters. The lowest BCUT2D eigenvalue weighted by Crippen LogP contribution is -2.11. The molecule has 4 aliphatic carbocycles. The number of benzene rings is 5. The highest BCUT2D eigenvalue weighted by molar-refractivity contribution is 5.91. The summed E-state index contributed by atoms with van der Waals surface area (Å²) in [5, 5.41) is 9.50. The van der Waals surface area contributed by atoms with E-state index < -0.39 is 0 Å². The Hall–Kier alpha value is -6.18. The molecule has 4 aliphatic rings. The Labute approximate surface area is 298 Å². The smallest absolute Gasteiger partial charge is 0.164 e. The third-order valence-electron chi connectivity index (χ3n) is 11.1. The molecule has 0 N–H and O–H groups in total. The molecule has 0 bridgehead atoms. The van der Waals surface area contributed by atoms with E-state index in [0.717, 1.165) is 41.5 Å². The summed E-state index contributed by atoms with van der Waals surface area (Å²) in [6, 6.07) is 40.8. The number of nitrogens with zero attached hydrogens (tertiary/aromatic N) is 4. The Morgan fingerprint density at radius 2 is 1.29 bits per heavy atom. The average molecular weight is 655 g/mol. The molecule has 0 spiro atoms. The lowest BCUT2D eigenvalue weighted by atomic mass is 9.74. The van der Waals surface area contributed by atoms with Crippen LogP contribution in [0.4, 0.5) is 0 Å². The summed E-state index contributed by atoms with van der Waals surface area (Å²) in [5.74, 6) is 3.40. The minimum absolute atomic E-state index is 0.250. The van der Waals surface area contributed by atoms with Crippen molar-refractivity contribution in [2.24, 2.45) is 0 Å². The van der Waals surface area contributed by atoms with Crippen molar-refractivity contribution < 1.29 is 0 Å². The van der Waals surface area contributed by atoms with Crippen molar-refractivity contribution in [2.75, 3.05) is 0 Å². The maximum absolute atomic E-state index is 9.50. The Balaban J connectivity index is 1.14. The molecule has 0 aliphatic heterocycles. The minimum atomic E-state index is 0.250. The van der Waals surface area contributed by atoms with E-state index in [4.69, 9.17) is 15.0 Å². The lowest BCUT2D eigenvalue weighted by molar-refractivity contribution is 0.843. The first-order valence-electron chi connectivity index (χ1n) is 18.0. The molecule has 0 amide bonds. The number of hydrogen-bond acceptors (Lipinski definition) is 4. The zero-order chi connectivity index (χ0) is 33.9. The zero-order valence-corrected chi connectivity index (χ0v) is 28.1. The molecular weight excluding hydrogens is 621 g/mol. The van der Waals surface area contributed by atoms with E-state index in [1.165, 1.54) is 56.5 Å². The molecule has 0 radical (unpaired) electrons. The van der Waals surface area contributed by atoms with E-state index in [0.29, 0.717) is 29.3 Å². The molecule has 3 atom stereocenters. The van der Waals surface area contributed by atoms with Crippen LogP contribution in [-0.2, 0) is 6.42 Å². The van der Waals surface area contributed by atoms with Gasteiger partial charge >= 0.3 is 0 Å². The van der Waals surface area contributed by atoms with Crippen LogP contribution in [0.3, 0.4) is 0 Å². The summed E-state index contributed by atoms with van der Waals surface area (Å²) in [7, 11) is 0. The average Bonchev–Trinajstić information content (AvgIpc) is 4.02. The van der Waals surface area contributed by atoms with Crippen LogP contribution in [0.15, 0.2) is 139 Å². The summed E-state index contributed by atoms with van der Waals surface area (Å²) in [6.07, 6.45) is 15.2. The fourth-order valence-corrected chi connectivity index (χ4v) is 8.59. The van der Waals surface area contributed by atoms with Crippen LogP contribution in [0.25, 0.3) is 62.5 Å². The highest BCUT2D eigenvalue weighted by Crippen LogP contribution is 2.65. The van der Waals surface area contributed by atoms with Crippen molar-refractivity contribution >= 4 is 6.08 Å². The van der Waals surface area contributed by atoms with Crippen LogP contribution in [0, 0.1) is 11.3 Å². The summed E-state index contributed by atoms with van der Waals surface area (Å²) >= 11 is 0. The molecular formula is C47H34N4. The van der Waals surface area contributed by atoms with Gasteiger partial charge in [0.05, 0.1) is 6.07 Å². The third-order valence-corrected chi connectivity index (χ3v) is 11.1. The van der Waals surface area contributed by atoms with Crippen LogP contribution in [0.2, 0.25) is 0 Å². The largest absolute Gasteiger partial charge is 0.208 e. The van der Waals surface area contributed by atoms with Gasteiger partial charge in [-0.1, -0.05) is 121 Å². The number of hydrogen-bond donors (Lipinski definition) is 0. The first-order chi connectivity index (χ1) is 25.2. The lowest BCUT2D eigenvalue weighted by Gasteiger charge is -2.30. The number of rotatable bonds is 5. The molecule has 4 nitrogen and oxygen atoms in total. The molecule has 1 saturated carbocycles. The molecule has 0 saturated heterocycles. The fourth-order valence-electron chi connectivity index (χ4n) is 8.59. The Kier molecular flexibility index (Phi) is 6.99. The summed E-state index contributed by atoms with van der Waals surface area (Å²) in [6.45, 7) is 0. The number of aromatic nitrogens is 3. The SMILES string of the molecule is N#CC1=CCC(c2cccc3c2-c2cc(-c4cccc(-c5nc(-c6ccccc6)nc(-c6ccccc6)n5)c4)c4c(c2C2CC32)C=CCC4)C=C1. The van der Waals surface area contributed by atoms with E-state index in [1.807, 2.05) is 42.5 Å². The fraction of sp³-hybridized carbons (Fsp3) is 0.149. The van der Waals surface area contributed by atoms with E-state index in [1.54, 1.807) is 0 Å². The maximum Gasteiger partial charge on any atom is 0.164 e. The van der Waals surface area contributed by atoms with Crippen molar-refractivity contribution in [3.63, 3.8) is 0 Å². The van der Waals surface area contributed by atoms with Gasteiger partial charge in [-0.3, -0.25) is 0 Å². The minimum Gasteiger partial charge on any atom is -0.208 e. The van der Waals surface area contributed by atoms with Gasteiger partial charge in [-0.25, -0.2) is 15.0 Å². The number of nitriles is 1. The second kappa shape index (κ2) is 12.0. The number of allylic oxidation sites excluding steroid dienone is 5. The third kappa shape index (κ3) is 5.08. The first-order valence-corrected chi connectivity index (χ1v) is 18.0. The van der Waals surface area contributed by atoms with Crippen LogP contribution < -0.4 is 0 Å². The van der Waals surface area contributed by atoms with Gasteiger partial charge in [-0.2, -0.15) is 5.26 Å². The summed E-state index contributed by atoms with van der Waals surface area (Å²) in [5.41, 5.74) is 16.2. The van der Waals surface area contributed by atoms with E-state index in [-0.39, 0.29) is 5.92 Å². The van der Waals surface area contributed by atoms with Crippen molar-refractivity contribution in [3.05, 3.63) is 167 Å². The van der Waals surface area contributed by atoms with Gasteiger partial charge in [0.25, 0.3) is 0 Å². The molecule has 1 heterocycles. The highest BCUT2D eigenvalue weighted by Gasteiger charge is 2.48. The zero-order valence-electron chi connectivity index (χ0n) is 28.1.